The van der Waals surface area contributed by atoms with Gasteiger partial charge < -0.3 is 24.4 Å². The van der Waals surface area contributed by atoms with Gasteiger partial charge >= 0.3 is 0 Å². The summed E-state index contributed by atoms with van der Waals surface area (Å²) in [4.78, 5) is 38.0. The number of fused-ring (bicyclic) bond motifs is 1. The number of hydrogen-bond acceptors (Lipinski definition) is 7. The van der Waals surface area contributed by atoms with E-state index in [0.717, 1.165) is 5.56 Å². The molecule has 1 N–H and O–H groups in total. The van der Waals surface area contributed by atoms with Crippen molar-refractivity contribution in [3.63, 3.8) is 0 Å². The minimum atomic E-state index is -0.420. The lowest BCUT2D eigenvalue weighted by molar-refractivity contribution is -0.130. The van der Waals surface area contributed by atoms with Gasteiger partial charge in [-0.05, 0) is 24.6 Å². The SMILES string of the molecule is COCC#Cc1cnc2c(c1)C(=O)N([C@@H](C)CO)C[C@H](C)[C@@H](CN(C)C(=O)Cc1cccnc1)O2. The molecule has 9 nitrogen and oxygen atoms in total. The number of pyridine rings is 2. The van der Waals surface area contributed by atoms with Crippen LogP contribution in [-0.4, -0.2) is 89.3 Å². The van der Waals surface area contributed by atoms with Crippen LogP contribution >= 0.6 is 0 Å². The van der Waals surface area contributed by atoms with Crippen LogP contribution in [0.25, 0.3) is 0 Å². The van der Waals surface area contributed by atoms with Gasteiger partial charge in [-0.25, -0.2) is 4.98 Å². The Labute approximate surface area is 206 Å². The molecule has 0 bridgehead atoms. The van der Waals surface area contributed by atoms with E-state index in [1.807, 2.05) is 13.0 Å². The Kier molecular flexibility index (Phi) is 9.18. The molecule has 0 fully saturated rings. The van der Waals surface area contributed by atoms with Crippen LogP contribution in [0.15, 0.2) is 36.8 Å². The highest BCUT2D eigenvalue weighted by Gasteiger charge is 2.34. The van der Waals surface area contributed by atoms with Crippen LogP contribution in [0.2, 0.25) is 0 Å². The van der Waals surface area contributed by atoms with Gasteiger partial charge in [-0.15, -0.1) is 0 Å². The molecule has 2 aromatic heterocycles. The van der Waals surface area contributed by atoms with E-state index in [1.165, 1.54) is 0 Å². The largest absolute Gasteiger partial charge is 0.472 e. The number of amides is 2. The number of likely N-dealkylation sites (N-methyl/N-ethyl adjacent to an activating group) is 1. The molecule has 3 rings (SSSR count). The lowest BCUT2D eigenvalue weighted by Gasteiger charge is -2.37. The maximum Gasteiger partial charge on any atom is 0.259 e. The number of aromatic nitrogens is 2. The van der Waals surface area contributed by atoms with Crippen LogP contribution in [0.3, 0.4) is 0 Å². The van der Waals surface area contributed by atoms with Crippen LogP contribution in [0.4, 0.5) is 0 Å². The van der Waals surface area contributed by atoms with Crippen LogP contribution < -0.4 is 4.74 Å². The minimum absolute atomic E-state index is 0.0653. The molecule has 1 aliphatic rings. The van der Waals surface area contributed by atoms with Gasteiger partial charge in [0.1, 0.15) is 18.3 Å². The van der Waals surface area contributed by atoms with Crippen molar-refractivity contribution in [3.05, 3.63) is 53.5 Å². The Morgan fingerprint density at radius 1 is 1.43 bits per heavy atom. The van der Waals surface area contributed by atoms with E-state index < -0.39 is 12.1 Å². The first kappa shape index (κ1) is 26.1. The first-order valence-electron chi connectivity index (χ1n) is 11.5. The molecule has 0 aliphatic carbocycles. The third-order valence-electron chi connectivity index (χ3n) is 5.93. The van der Waals surface area contributed by atoms with Crippen molar-refractivity contribution in [2.45, 2.75) is 32.4 Å². The number of aliphatic hydroxyl groups is 1. The zero-order chi connectivity index (χ0) is 25.4. The molecular formula is C26H32N4O5. The van der Waals surface area contributed by atoms with Crippen molar-refractivity contribution in [2.24, 2.45) is 5.92 Å². The summed E-state index contributed by atoms with van der Waals surface area (Å²) in [6.45, 7) is 4.50. The van der Waals surface area contributed by atoms with E-state index in [9.17, 15) is 14.7 Å². The Hall–Kier alpha value is -3.48. The van der Waals surface area contributed by atoms with E-state index >= 15 is 0 Å². The number of carbonyl (C=O) groups excluding carboxylic acids is 2. The monoisotopic (exact) mass is 480 g/mol. The zero-order valence-electron chi connectivity index (χ0n) is 20.6. The number of hydrogen-bond donors (Lipinski definition) is 1. The van der Waals surface area contributed by atoms with Gasteiger partial charge in [-0.2, -0.15) is 0 Å². The third-order valence-corrected chi connectivity index (χ3v) is 5.93. The topological polar surface area (TPSA) is 105 Å². The Morgan fingerprint density at radius 2 is 2.23 bits per heavy atom. The standard InChI is InChI=1S/C26H32N4O5/c1-18-15-30(19(2)17-31)26(33)22-11-20(8-6-10-34-4)14-28-25(22)35-23(18)16-29(3)24(32)12-21-7-5-9-27-13-21/h5,7,9,11,13-14,18-19,23,31H,10,12,15-17H2,1-4H3/t18-,19-,23+/m0/s1. The molecule has 3 atom stereocenters. The van der Waals surface area contributed by atoms with Gasteiger partial charge in [0.25, 0.3) is 5.91 Å². The molecule has 2 aromatic rings. The highest BCUT2D eigenvalue weighted by molar-refractivity contribution is 5.97. The van der Waals surface area contributed by atoms with E-state index in [1.54, 1.807) is 61.6 Å². The van der Waals surface area contributed by atoms with Crippen LogP contribution in [0, 0.1) is 17.8 Å². The predicted octanol–water partition coefficient (Wildman–Crippen LogP) is 1.40. The van der Waals surface area contributed by atoms with Crippen molar-refractivity contribution in [1.82, 2.24) is 19.8 Å². The van der Waals surface area contributed by atoms with Crippen molar-refractivity contribution in [2.75, 3.05) is 40.5 Å². The van der Waals surface area contributed by atoms with E-state index in [0.29, 0.717) is 18.7 Å². The van der Waals surface area contributed by atoms with Gasteiger partial charge in [-0.3, -0.25) is 14.6 Å². The summed E-state index contributed by atoms with van der Waals surface area (Å²) in [6, 6.07) is 4.91. The second kappa shape index (κ2) is 12.3. The fourth-order valence-corrected chi connectivity index (χ4v) is 3.78. The van der Waals surface area contributed by atoms with Crippen LogP contribution in [0.1, 0.15) is 35.3 Å². The van der Waals surface area contributed by atoms with Crippen molar-refractivity contribution >= 4 is 11.8 Å². The van der Waals surface area contributed by atoms with E-state index in [-0.39, 0.29) is 48.8 Å². The van der Waals surface area contributed by atoms with E-state index in [4.69, 9.17) is 9.47 Å². The first-order chi connectivity index (χ1) is 16.8. The molecule has 0 spiro atoms. The predicted molar refractivity (Wildman–Crippen MR) is 130 cm³/mol. The molecule has 186 valence electrons. The summed E-state index contributed by atoms with van der Waals surface area (Å²) in [5.74, 6) is 5.50. The molecule has 1 aliphatic heterocycles. The van der Waals surface area contributed by atoms with Gasteiger partial charge in [-0.1, -0.05) is 24.8 Å². The third kappa shape index (κ3) is 6.78. The zero-order valence-corrected chi connectivity index (χ0v) is 20.6. The molecule has 2 amide bonds. The molecule has 9 heteroatoms. The summed E-state index contributed by atoms with van der Waals surface area (Å²) in [6.07, 6.45) is 4.70. The Morgan fingerprint density at radius 3 is 2.91 bits per heavy atom. The molecule has 0 unspecified atom stereocenters. The van der Waals surface area contributed by atoms with Crippen molar-refractivity contribution in [3.8, 4) is 17.7 Å². The first-order valence-corrected chi connectivity index (χ1v) is 11.5. The quantitative estimate of drug-likeness (QED) is 0.597. The van der Waals surface area contributed by atoms with Gasteiger partial charge in [0.05, 0.1) is 25.6 Å². The highest BCUT2D eigenvalue weighted by atomic mass is 16.5. The van der Waals surface area contributed by atoms with Gasteiger partial charge in [0.2, 0.25) is 11.8 Å². The molecular weight excluding hydrogens is 448 g/mol. The molecule has 0 saturated carbocycles. The summed E-state index contributed by atoms with van der Waals surface area (Å²) >= 11 is 0. The highest BCUT2D eigenvalue weighted by Crippen LogP contribution is 2.27. The summed E-state index contributed by atoms with van der Waals surface area (Å²) < 4.78 is 11.2. The van der Waals surface area contributed by atoms with Crippen LogP contribution in [-0.2, 0) is 16.0 Å². The Bertz CT molecular complexity index is 1080. The molecule has 0 radical (unpaired) electrons. The van der Waals surface area contributed by atoms with Gasteiger partial charge in [0.15, 0.2) is 0 Å². The second-order valence-corrected chi connectivity index (χ2v) is 8.75. The molecule has 3 heterocycles. The minimum Gasteiger partial charge on any atom is -0.472 e. The lowest BCUT2D eigenvalue weighted by Crippen LogP contribution is -2.50. The normalized spacial score (nSPS) is 18.3. The number of carbonyl (C=O) groups is 2. The number of rotatable bonds is 7. The maximum atomic E-state index is 13.4. The maximum absolute atomic E-state index is 13.4. The van der Waals surface area contributed by atoms with Crippen molar-refractivity contribution < 1.29 is 24.2 Å². The fourth-order valence-electron chi connectivity index (χ4n) is 3.78. The fraction of sp³-hybridized carbons (Fsp3) is 0.462. The number of nitrogens with zero attached hydrogens (tertiary/aromatic N) is 4. The Balaban J connectivity index is 1.87. The molecule has 35 heavy (non-hydrogen) atoms. The lowest BCUT2D eigenvalue weighted by atomic mass is 9.99. The van der Waals surface area contributed by atoms with Crippen LogP contribution in [0.5, 0.6) is 5.88 Å². The van der Waals surface area contributed by atoms with Gasteiger partial charge in [0, 0.05) is 50.8 Å². The molecule has 0 saturated heterocycles. The summed E-state index contributed by atoms with van der Waals surface area (Å²) in [7, 11) is 3.29. The van der Waals surface area contributed by atoms with E-state index in [2.05, 4.69) is 21.8 Å². The number of aliphatic hydroxyl groups excluding tert-OH is 1. The summed E-state index contributed by atoms with van der Waals surface area (Å²) in [5, 5.41) is 9.79. The van der Waals surface area contributed by atoms with Crippen molar-refractivity contribution in [1.29, 1.82) is 0 Å². The second-order valence-electron chi connectivity index (χ2n) is 8.75. The average molecular weight is 481 g/mol. The number of ether oxygens (including phenoxy) is 2. The average Bonchev–Trinajstić information content (AvgIpc) is 2.86. The smallest absolute Gasteiger partial charge is 0.259 e. The summed E-state index contributed by atoms with van der Waals surface area (Å²) in [5.41, 5.74) is 1.66. The molecule has 0 aromatic carbocycles. The number of methoxy groups -OCH3 is 1.